The van der Waals surface area contributed by atoms with Gasteiger partial charge in [-0.2, -0.15) is 15.0 Å². The summed E-state index contributed by atoms with van der Waals surface area (Å²) in [6.45, 7) is 2.46. The Morgan fingerprint density at radius 3 is 2.56 bits per heavy atom. The monoisotopic (exact) mass is 223 g/mol. The number of anilines is 2. The number of hydrogen-bond donors (Lipinski definition) is 2. The fourth-order valence-corrected chi connectivity index (χ4v) is 1.46. The first-order valence-corrected chi connectivity index (χ1v) is 5.65. The first-order valence-electron chi connectivity index (χ1n) is 5.65. The maximum Gasteiger partial charge on any atom is 0.323 e. The van der Waals surface area contributed by atoms with Gasteiger partial charge >= 0.3 is 6.01 Å². The summed E-state index contributed by atoms with van der Waals surface area (Å²) in [4.78, 5) is 12.5. The molecule has 0 unspecified atom stereocenters. The van der Waals surface area contributed by atoms with Crippen molar-refractivity contribution in [1.82, 2.24) is 15.0 Å². The van der Waals surface area contributed by atoms with Crippen LogP contribution in [0.3, 0.4) is 0 Å². The predicted molar refractivity (Wildman–Crippen MR) is 61.8 cm³/mol. The summed E-state index contributed by atoms with van der Waals surface area (Å²) in [7, 11) is 1.78. The van der Waals surface area contributed by atoms with E-state index in [1.807, 2.05) is 6.92 Å². The van der Waals surface area contributed by atoms with Crippen LogP contribution < -0.4 is 15.4 Å². The normalized spacial score (nSPS) is 15.4. The minimum atomic E-state index is 0.365. The highest BCUT2D eigenvalue weighted by Gasteiger charge is 2.18. The molecular weight excluding hydrogens is 206 g/mol. The van der Waals surface area contributed by atoms with Gasteiger partial charge in [-0.1, -0.05) is 0 Å². The van der Waals surface area contributed by atoms with Gasteiger partial charge in [0, 0.05) is 13.1 Å². The van der Waals surface area contributed by atoms with Crippen molar-refractivity contribution in [2.45, 2.75) is 32.2 Å². The molecule has 0 amide bonds. The van der Waals surface area contributed by atoms with E-state index in [1.54, 1.807) is 7.05 Å². The van der Waals surface area contributed by atoms with Gasteiger partial charge in [0.25, 0.3) is 0 Å². The van der Waals surface area contributed by atoms with E-state index in [1.165, 1.54) is 19.3 Å². The van der Waals surface area contributed by atoms with Gasteiger partial charge in [-0.05, 0) is 26.2 Å². The predicted octanol–water partition coefficient (Wildman–Crippen LogP) is 1.28. The molecular formula is C10H17N5O. The second-order valence-corrected chi connectivity index (χ2v) is 3.72. The smallest absolute Gasteiger partial charge is 0.323 e. The maximum atomic E-state index is 5.28. The maximum absolute atomic E-state index is 5.28. The molecule has 1 saturated carbocycles. The van der Waals surface area contributed by atoms with Crippen molar-refractivity contribution >= 4 is 11.9 Å². The molecule has 0 radical (unpaired) electrons. The summed E-state index contributed by atoms with van der Waals surface area (Å²) >= 11 is 0. The summed E-state index contributed by atoms with van der Waals surface area (Å²) < 4.78 is 5.28. The van der Waals surface area contributed by atoms with Crippen molar-refractivity contribution < 1.29 is 4.74 Å². The summed E-state index contributed by atoms with van der Waals surface area (Å²) in [5, 5.41) is 6.16. The van der Waals surface area contributed by atoms with Crippen LogP contribution in [0.2, 0.25) is 0 Å². The molecule has 88 valence electrons. The number of ether oxygens (including phenoxy) is 1. The lowest BCUT2D eigenvalue weighted by Gasteiger charge is -2.26. The molecule has 1 aromatic rings. The minimum Gasteiger partial charge on any atom is -0.464 e. The van der Waals surface area contributed by atoms with Crippen LogP contribution in [-0.2, 0) is 0 Å². The van der Waals surface area contributed by atoms with Gasteiger partial charge in [0.2, 0.25) is 11.9 Å². The Morgan fingerprint density at radius 2 is 2.00 bits per heavy atom. The highest BCUT2D eigenvalue weighted by atomic mass is 16.5. The second kappa shape index (κ2) is 4.96. The molecule has 1 aliphatic rings. The molecule has 6 heteroatoms. The van der Waals surface area contributed by atoms with E-state index in [0.29, 0.717) is 30.6 Å². The summed E-state index contributed by atoms with van der Waals surface area (Å²) in [5.74, 6) is 1.12. The third-order valence-electron chi connectivity index (χ3n) is 2.55. The standard InChI is InChI=1S/C10H17N5O/c1-3-16-10-14-8(11-2)13-9(15-10)12-7-5-4-6-7/h7H,3-6H2,1-2H3,(H2,11,12,13,14,15). The minimum absolute atomic E-state index is 0.365. The van der Waals surface area contributed by atoms with Gasteiger partial charge in [-0.25, -0.2) is 0 Å². The molecule has 1 aromatic heterocycles. The van der Waals surface area contributed by atoms with Crippen molar-refractivity contribution in [2.75, 3.05) is 24.3 Å². The third kappa shape index (κ3) is 2.50. The fraction of sp³-hybridized carbons (Fsp3) is 0.700. The van der Waals surface area contributed by atoms with Crippen LogP contribution in [0.15, 0.2) is 0 Å². The second-order valence-electron chi connectivity index (χ2n) is 3.72. The average Bonchev–Trinajstić information content (AvgIpc) is 2.24. The average molecular weight is 223 g/mol. The van der Waals surface area contributed by atoms with Crippen molar-refractivity contribution in [3.05, 3.63) is 0 Å². The van der Waals surface area contributed by atoms with Crippen LogP contribution in [0, 0.1) is 0 Å². The molecule has 1 fully saturated rings. The number of aromatic nitrogens is 3. The fourth-order valence-electron chi connectivity index (χ4n) is 1.46. The molecule has 6 nitrogen and oxygen atoms in total. The lowest BCUT2D eigenvalue weighted by molar-refractivity contribution is 0.312. The van der Waals surface area contributed by atoms with E-state index >= 15 is 0 Å². The Bertz CT molecular complexity index is 353. The Morgan fingerprint density at radius 1 is 1.25 bits per heavy atom. The summed E-state index contributed by atoms with van der Waals surface area (Å²) in [5.41, 5.74) is 0. The quantitative estimate of drug-likeness (QED) is 0.783. The Balaban J connectivity index is 2.11. The molecule has 0 atom stereocenters. The van der Waals surface area contributed by atoms with Crippen LogP contribution in [0.25, 0.3) is 0 Å². The topological polar surface area (TPSA) is 72.0 Å². The lowest BCUT2D eigenvalue weighted by Crippen LogP contribution is -2.28. The first kappa shape index (κ1) is 10.9. The lowest BCUT2D eigenvalue weighted by atomic mass is 9.93. The molecule has 0 saturated heterocycles. The van der Waals surface area contributed by atoms with Crippen LogP contribution in [0.5, 0.6) is 6.01 Å². The van der Waals surface area contributed by atoms with Crippen molar-refractivity contribution in [2.24, 2.45) is 0 Å². The van der Waals surface area contributed by atoms with E-state index in [2.05, 4.69) is 25.6 Å². The molecule has 16 heavy (non-hydrogen) atoms. The number of nitrogens with one attached hydrogen (secondary N) is 2. The van der Waals surface area contributed by atoms with Crippen LogP contribution in [0.4, 0.5) is 11.9 Å². The first-order chi connectivity index (χ1) is 7.81. The third-order valence-corrected chi connectivity index (χ3v) is 2.55. The van der Waals surface area contributed by atoms with Crippen LogP contribution in [-0.4, -0.2) is 34.6 Å². The van der Waals surface area contributed by atoms with Gasteiger partial charge in [-0.15, -0.1) is 0 Å². The Hall–Kier alpha value is -1.59. The number of rotatable bonds is 5. The number of nitrogens with zero attached hydrogens (tertiary/aromatic N) is 3. The summed E-state index contributed by atoms with van der Waals surface area (Å²) in [6.07, 6.45) is 3.65. The zero-order valence-corrected chi connectivity index (χ0v) is 9.66. The molecule has 0 aromatic carbocycles. The molecule has 0 bridgehead atoms. The van der Waals surface area contributed by atoms with Crippen molar-refractivity contribution in [3.63, 3.8) is 0 Å². The zero-order valence-electron chi connectivity index (χ0n) is 9.66. The molecule has 1 aliphatic carbocycles. The largest absolute Gasteiger partial charge is 0.464 e. The van der Waals surface area contributed by atoms with E-state index in [0.717, 1.165) is 0 Å². The van der Waals surface area contributed by atoms with Crippen molar-refractivity contribution in [3.8, 4) is 6.01 Å². The van der Waals surface area contributed by atoms with Crippen LogP contribution in [0.1, 0.15) is 26.2 Å². The van der Waals surface area contributed by atoms with E-state index in [4.69, 9.17) is 4.74 Å². The molecule has 2 N–H and O–H groups in total. The zero-order chi connectivity index (χ0) is 11.4. The summed E-state index contributed by atoms with van der Waals surface area (Å²) in [6, 6.07) is 0.866. The SMILES string of the molecule is CCOc1nc(NC)nc(NC2CCC2)n1. The van der Waals surface area contributed by atoms with Gasteiger partial charge in [0.15, 0.2) is 0 Å². The van der Waals surface area contributed by atoms with E-state index in [9.17, 15) is 0 Å². The molecule has 1 heterocycles. The van der Waals surface area contributed by atoms with Gasteiger partial charge in [0.05, 0.1) is 6.61 Å². The Kier molecular flexibility index (Phi) is 3.38. The van der Waals surface area contributed by atoms with Gasteiger partial charge in [-0.3, -0.25) is 0 Å². The van der Waals surface area contributed by atoms with E-state index < -0.39 is 0 Å². The van der Waals surface area contributed by atoms with Gasteiger partial charge in [0.1, 0.15) is 0 Å². The van der Waals surface area contributed by atoms with Crippen molar-refractivity contribution in [1.29, 1.82) is 0 Å². The highest BCUT2D eigenvalue weighted by Crippen LogP contribution is 2.22. The Labute approximate surface area is 94.9 Å². The van der Waals surface area contributed by atoms with E-state index in [-0.39, 0.29) is 0 Å². The van der Waals surface area contributed by atoms with Gasteiger partial charge < -0.3 is 15.4 Å². The van der Waals surface area contributed by atoms with Crippen LogP contribution >= 0.6 is 0 Å². The molecule has 0 aliphatic heterocycles. The number of hydrogen-bond acceptors (Lipinski definition) is 6. The molecule has 0 spiro atoms. The highest BCUT2D eigenvalue weighted by molar-refractivity contribution is 5.36. The molecule has 2 rings (SSSR count).